The van der Waals surface area contributed by atoms with Crippen molar-refractivity contribution in [1.82, 2.24) is 14.8 Å². The van der Waals surface area contributed by atoms with E-state index in [2.05, 4.69) is 20.7 Å². The van der Waals surface area contributed by atoms with Crippen LogP contribution in [0.3, 0.4) is 0 Å². The number of aromatic nitrogens is 3. The lowest BCUT2D eigenvalue weighted by Crippen LogP contribution is -2.31. The van der Waals surface area contributed by atoms with Crippen LogP contribution in [0.15, 0.2) is 60.1 Å². The molecule has 142 valence electrons. The fourth-order valence-corrected chi connectivity index (χ4v) is 3.83. The maximum atomic E-state index is 13.2. The highest BCUT2D eigenvalue weighted by molar-refractivity contribution is 6.35. The Morgan fingerprint density at radius 1 is 1.18 bits per heavy atom. The number of rotatable bonds is 3. The second-order valence-corrected chi connectivity index (χ2v) is 7.43. The molecule has 6 nitrogen and oxygen atoms in total. The van der Waals surface area contributed by atoms with Crippen molar-refractivity contribution >= 4 is 40.7 Å². The minimum atomic E-state index is -0.534. The fraction of sp³-hybridized carbons (Fsp3) is 0.150. The van der Waals surface area contributed by atoms with Crippen molar-refractivity contribution in [2.75, 3.05) is 10.6 Å². The fourth-order valence-electron chi connectivity index (χ4n) is 3.32. The summed E-state index contributed by atoms with van der Waals surface area (Å²) in [5.74, 6) is 0.299. The van der Waals surface area contributed by atoms with Crippen molar-refractivity contribution in [3.8, 4) is 0 Å². The van der Waals surface area contributed by atoms with Gasteiger partial charge in [0.25, 0.3) is 5.91 Å². The van der Waals surface area contributed by atoms with E-state index in [1.807, 2.05) is 38.1 Å². The lowest BCUT2D eigenvalue weighted by atomic mass is 9.95. The molecule has 2 N–H and O–H groups in total. The van der Waals surface area contributed by atoms with Gasteiger partial charge in [-0.05, 0) is 43.7 Å². The van der Waals surface area contributed by atoms with Crippen LogP contribution in [0.5, 0.6) is 0 Å². The number of hydrogen-bond acceptors (Lipinski definition) is 4. The Hall–Kier alpha value is -2.83. The van der Waals surface area contributed by atoms with Gasteiger partial charge >= 0.3 is 0 Å². The Morgan fingerprint density at radius 2 is 2.00 bits per heavy atom. The van der Waals surface area contributed by atoms with Gasteiger partial charge in [-0.15, -0.1) is 0 Å². The molecule has 0 radical (unpaired) electrons. The number of benzene rings is 2. The molecule has 4 rings (SSSR count). The molecular formula is C20H17Cl2N5O. The summed E-state index contributed by atoms with van der Waals surface area (Å²) in [6, 6.07) is 12.3. The molecule has 0 saturated carbocycles. The summed E-state index contributed by atoms with van der Waals surface area (Å²) in [6.45, 7) is 3.81. The Labute approximate surface area is 172 Å². The van der Waals surface area contributed by atoms with Gasteiger partial charge in [-0.1, -0.05) is 41.4 Å². The third-order valence-corrected chi connectivity index (χ3v) is 5.13. The lowest BCUT2D eigenvalue weighted by Gasteiger charge is -2.29. The molecule has 0 aliphatic carbocycles. The second-order valence-electron chi connectivity index (χ2n) is 6.58. The van der Waals surface area contributed by atoms with Gasteiger partial charge in [0.15, 0.2) is 0 Å². The van der Waals surface area contributed by atoms with E-state index in [0.29, 0.717) is 32.8 Å². The average Bonchev–Trinajstić information content (AvgIpc) is 3.09. The molecule has 28 heavy (non-hydrogen) atoms. The number of hydrogen-bond donors (Lipinski definition) is 2. The minimum Gasteiger partial charge on any atom is -0.328 e. The first kappa shape index (κ1) is 18.5. The summed E-state index contributed by atoms with van der Waals surface area (Å²) in [5.41, 5.74) is 3.68. The van der Waals surface area contributed by atoms with Crippen LogP contribution in [0.25, 0.3) is 0 Å². The minimum absolute atomic E-state index is 0.243. The van der Waals surface area contributed by atoms with Crippen LogP contribution in [0.4, 0.5) is 11.6 Å². The molecule has 3 aromatic rings. The van der Waals surface area contributed by atoms with Crippen molar-refractivity contribution in [2.45, 2.75) is 19.9 Å². The molecule has 1 unspecified atom stereocenters. The van der Waals surface area contributed by atoms with E-state index in [1.54, 1.807) is 22.9 Å². The molecular weight excluding hydrogens is 397 g/mol. The molecule has 1 amide bonds. The largest absolute Gasteiger partial charge is 0.328 e. The van der Waals surface area contributed by atoms with Gasteiger partial charge in [-0.3, -0.25) is 4.79 Å². The molecule has 0 saturated heterocycles. The number of nitrogens with one attached hydrogen (secondary N) is 2. The first-order chi connectivity index (χ1) is 13.4. The van der Waals surface area contributed by atoms with E-state index in [-0.39, 0.29) is 5.91 Å². The van der Waals surface area contributed by atoms with Gasteiger partial charge < -0.3 is 10.6 Å². The first-order valence-electron chi connectivity index (χ1n) is 8.64. The number of allylic oxidation sites excluding steroid dienone is 1. The van der Waals surface area contributed by atoms with Crippen LogP contribution in [-0.2, 0) is 4.79 Å². The van der Waals surface area contributed by atoms with E-state index < -0.39 is 6.04 Å². The predicted molar refractivity (Wildman–Crippen MR) is 111 cm³/mol. The highest BCUT2D eigenvalue weighted by Crippen LogP contribution is 2.38. The van der Waals surface area contributed by atoms with E-state index in [0.717, 1.165) is 11.3 Å². The Balaban J connectivity index is 1.79. The predicted octanol–water partition coefficient (Wildman–Crippen LogP) is 4.82. The van der Waals surface area contributed by atoms with Gasteiger partial charge in [0.2, 0.25) is 5.95 Å². The molecule has 8 heteroatoms. The number of aryl methyl sites for hydroxylation is 1. The van der Waals surface area contributed by atoms with Crippen molar-refractivity contribution in [3.63, 3.8) is 0 Å². The number of anilines is 2. The molecule has 1 atom stereocenters. The molecule has 0 bridgehead atoms. The van der Waals surface area contributed by atoms with Crippen molar-refractivity contribution in [2.24, 2.45) is 0 Å². The summed E-state index contributed by atoms with van der Waals surface area (Å²) in [6.07, 6.45) is 1.44. The van der Waals surface area contributed by atoms with Crippen LogP contribution in [0.2, 0.25) is 10.0 Å². The Bertz CT molecular complexity index is 1110. The van der Waals surface area contributed by atoms with Gasteiger partial charge in [0, 0.05) is 27.0 Å². The van der Waals surface area contributed by atoms with Crippen molar-refractivity contribution in [1.29, 1.82) is 0 Å². The monoisotopic (exact) mass is 413 g/mol. The third kappa shape index (κ3) is 3.37. The summed E-state index contributed by atoms with van der Waals surface area (Å²) in [5, 5.41) is 11.4. The number of carbonyl (C=O) groups excluding carboxylic acids is 1. The zero-order valence-corrected chi connectivity index (χ0v) is 16.7. The molecule has 1 aliphatic rings. The smallest absolute Gasteiger partial charge is 0.255 e. The number of nitrogens with zero attached hydrogens (tertiary/aromatic N) is 3. The van der Waals surface area contributed by atoms with E-state index in [1.165, 1.54) is 6.33 Å². The molecule has 1 aromatic heterocycles. The van der Waals surface area contributed by atoms with Gasteiger partial charge in [0.1, 0.15) is 12.4 Å². The summed E-state index contributed by atoms with van der Waals surface area (Å²) in [7, 11) is 0. The Kier molecular flexibility index (Phi) is 4.83. The maximum absolute atomic E-state index is 13.2. The molecule has 0 spiro atoms. The molecule has 1 aliphatic heterocycles. The number of amides is 1. The molecule has 2 aromatic carbocycles. The second kappa shape index (κ2) is 7.30. The van der Waals surface area contributed by atoms with E-state index in [4.69, 9.17) is 23.2 Å². The van der Waals surface area contributed by atoms with Gasteiger partial charge in [0.05, 0.1) is 5.57 Å². The lowest BCUT2D eigenvalue weighted by molar-refractivity contribution is -0.113. The van der Waals surface area contributed by atoms with Crippen LogP contribution < -0.4 is 10.6 Å². The topological polar surface area (TPSA) is 71.8 Å². The standard InChI is InChI=1S/C20H17Cl2N5O/c1-11-4-3-5-14(8-11)26-19(28)17-12(2)25-20-23-10-24-27(20)18(17)15-7-6-13(21)9-16(15)22/h3-10,18H,1-2H3,(H,26,28)(H,23,24,25). The molecule has 0 fully saturated rings. The summed E-state index contributed by atoms with van der Waals surface area (Å²) < 4.78 is 1.65. The highest BCUT2D eigenvalue weighted by atomic mass is 35.5. The quantitative estimate of drug-likeness (QED) is 0.645. The summed E-state index contributed by atoms with van der Waals surface area (Å²) in [4.78, 5) is 17.5. The number of fused-ring (bicyclic) bond motifs is 1. The average molecular weight is 414 g/mol. The van der Waals surface area contributed by atoms with Gasteiger partial charge in [-0.2, -0.15) is 10.1 Å². The van der Waals surface area contributed by atoms with Crippen LogP contribution >= 0.6 is 23.2 Å². The molecule has 2 heterocycles. The number of carbonyl (C=O) groups is 1. The number of halogens is 2. The SMILES string of the molecule is CC1=C(C(=O)Nc2cccc(C)c2)C(c2ccc(Cl)cc2Cl)n2ncnc2N1. The van der Waals surface area contributed by atoms with Crippen LogP contribution in [0.1, 0.15) is 24.1 Å². The zero-order chi connectivity index (χ0) is 19.8. The van der Waals surface area contributed by atoms with Crippen molar-refractivity contribution < 1.29 is 4.79 Å². The highest BCUT2D eigenvalue weighted by Gasteiger charge is 2.34. The normalized spacial score (nSPS) is 15.8. The summed E-state index contributed by atoms with van der Waals surface area (Å²) >= 11 is 12.5. The van der Waals surface area contributed by atoms with Crippen molar-refractivity contribution in [3.05, 3.63) is 81.2 Å². The van der Waals surface area contributed by atoms with E-state index in [9.17, 15) is 4.79 Å². The van der Waals surface area contributed by atoms with Gasteiger partial charge in [-0.25, -0.2) is 4.68 Å². The van der Waals surface area contributed by atoms with Crippen LogP contribution in [0, 0.1) is 6.92 Å². The first-order valence-corrected chi connectivity index (χ1v) is 9.40. The maximum Gasteiger partial charge on any atom is 0.255 e. The third-order valence-electron chi connectivity index (χ3n) is 4.57. The Morgan fingerprint density at radius 3 is 2.75 bits per heavy atom. The van der Waals surface area contributed by atoms with E-state index >= 15 is 0 Å². The van der Waals surface area contributed by atoms with Crippen LogP contribution in [-0.4, -0.2) is 20.7 Å². The zero-order valence-electron chi connectivity index (χ0n) is 15.2.